The molecule has 0 saturated carbocycles. The molecule has 0 bridgehead atoms. The second-order valence-electron chi connectivity index (χ2n) is 6.64. The largest absolute Gasteiger partial charge is 0.507 e. The van der Waals surface area contributed by atoms with E-state index in [-0.39, 0.29) is 11.7 Å². The summed E-state index contributed by atoms with van der Waals surface area (Å²) in [6.07, 6.45) is 0. The predicted octanol–water partition coefficient (Wildman–Crippen LogP) is 5.16. The van der Waals surface area contributed by atoms with Crippen LogP contribution in [-0.2, 0) is 0 Å². The Morgan fingerprint density at radius 1 is 1.14 bits per heavy atom. The lowest BCUT2D eigenvalue weighted by molar-refractivity contribution is 0.102. The molecule has 0 aliphatic rings. The number of amides is 1. The fraction of sp³-hybridized carbons (Fsp3) is 0.130. The van der Waals surface area contributed by atoms with Crippen LogP contribution in [0.3, 0.4) is 0 Å². The van der Waals surface area contributed by atoms with Crippen molar-refractivity contribution < 1.29 is 19.1 Å². The van der Waals surface area contributed by atoms with Crippen LogP contribution >= 0.6 is 0 Å². The summed E-state index contributed by atoms with van der Waals surface area (Å²) in [5.41, 5.74) is 3.84. The van der Waals surface area contributed by atoms with Gasteiger partial charge in [-0.3, -0.25) is 4.79 Å². The molecule has 1 heterocycles. The number of hydrogen-bond donors (Lipinski definition) is 2. The van der Waals surface area contributed by atoms with Crippen molar-refractivity contribution in [2.24, 2.45) is 0 Å². The Morgan fingerprint density at radius 3 is 2.79 bits per heavy atom. The molecule has 0 atom stereocenters. The topological polar surface area (TPSA) is 84.6 Å². The van der Waals surface area contributed by atoms with Crippen molar-refractivity contribution in [1.29, 1.82) is 0 Å². The molecule has 1 amide bonds. The fourth-order valence-electron chi connectivity index (χ4n) is 3.04. The lowest BCUT2D eigenvalue weighted by Gasteiger charge is -2.09. The Hall–Kier alpha value is -3.80. The highest BCUT2D eigenvalue weighted by molar-refractivity contribution is 6.04. The number of anilines is 1. The molecule has 0 radical (unpaired) electrons. The number of carbonyl (C=O) groups is 1. The van der Waals surface area contributed by atoms with Crippen LogP contribution in [0.15, 0.2) is 65.1 Å². The van der Waals surface area contributed by atoms with Crippen molar-refractivity contribution in [3.63, 3.8) is 0 Å². The highest BCUT2D eigenvalue weighted by Gasteiger charge is 2.14. The molecule has 2 N–H and O–H groups in total. The van der Waals surface area contributed by atoms with Crippen LogP contribution in [0, 0.1) is 6.92 Å². The molecule has 29 heavy (non-hydrogen) atoms. The number of aromatic nitrogens is 1. The number of benzene rings is 3. The van der Waals surface area contributed by atoms with E-state index in [0.717, 1.165) is 11.1 Å². The molecule has 4 rings (SSSR count). The van der Waals surface area contributed by atoms with Gasteiger partial charge < -0.3 is 19.6 Å². The number of rotatable bonds is 5. The van der Waals surface area contributed by atoms with Crippen LogP contribution in [0.4, 0.5) is 5.69 Å². The Morgan fingerprint density at radius 2 is 2.00 bits per heavy atom. The molecule has 0 aliphatic carbocycles. The molecule has 4 aromatic rings. The SMILES string of the molecule is CCOc1cccc(C(=O)Nc2ccc(-c3nc4cc(C)ccc4o3)c(O)c2)c1. The third-order valence-corrected chi connectivity index (χ3v) is 4.44. The monoisotopic (exact) mass is 388 g/mol. The molecular weight excluding hydrogens is 368 g/mol. The summed E-state index contributed by atoms with van der Waals surface area (Å²) >= 11 is 0. The van der Waals surface area contributed by atoms with Crippen LogP contribution in [-0.4, -0.2) is 22.6 Å². The van der Waals surface area contributed by atoms with Gasteiger partial charge in [-0.25, -0.2) is 4.98 Å². The second kappa shape index (κ2) is 7.67. The van der Waals surface area contributed by atoms with Gasteiger partial charge >= 0.3 is 0 Å². The first-order chi connectivity index (χ1) is 14.0. The van der Waals surface area contributed by atoms with E-state index >= 15 is 0 Å². The van der Waals surface area contributed by atoms with E-state index < -0.39 is 0 Å². The zero-order valence-electron chi connectivity index (χ0n) is 16.1. The molecule has 6 heteroatoms. The van der Waals surface area contributed by atoms with Crippen LogP contribution in [0.1, 0.15) is 22.8 Å². The van der Waals surface area contributed by atoms with Gasteiger partial charge in [0.25, 0.3) is 5.91 Å². The molecule has 0 saturated heterocycles. The number of fused-ring (bicyclic) bond motifs is 1. The van der Waals surface area contributed by atoms with Gasteiger partial charge in [0.05, 0.1) is 12.2 Å². The highest BCUT2D eigenvalue weighted by atomic mass is 16.5. The summed E-state index contributed by atoms with van der Waals surface area (Å²) in [6, 6.07) is 17.5. The lowest BCUT2D eigenvalue weighted by atomic mass is 10.1. The standard InChI is InChI=1S/C23H20N2O4/c1-3-28-17-6-4-5-15(12-17)22(27)24-16-8-9-18(20(26)13-16)23-25-19-11-14(2)7-10-21(19)29-23/h4-13,26H,3H2,1-2H3,(H,24,27). The molecule has 146 valence electrons. The van der Waals surface area contributed by atoms with Gasteiger partial charge in [0.1, 0.15) is 17.0 Å². The van der Waals surface area contributed by atoms with Gasteiger partial charge in [-0.15, -0.1) is 0 Å². The Bertz CT molecular complexity index is 1200. The molecule has 0 fully saturated rings. The summed E-state index contributed by atoms with van der Waals surface area (Å²) in [7, 11) is 0. The molecule has 0 unspecified atom stereocenters. The van der Waals surface area contributed by atoms with E-state index in [1.165, 1.54) is 6.07 Å². The van der Waals surface area contributed by atoms with E-state index in [1.807, 2.05) is 32.0 Å². The number of oxazole rings is 1. The van der Waals surface area contributed by atoms with Crippen molar-refractivity contribution in [2.75, 3.05) is 11.9 Å². The van der Waals surface area contributed by atoms with Crippen molar-refractivity contribution in [3.8, 4) is 23.0 Å². The summed E-state index contributed by atoms with van der Waals surface area (Å²) in [4.78, 5) is 16.9. The normalized spacial score (nSPS) is 10.8. The average Bonchev–Trinajstić information content (AvgIpc) is 3.11. The van der Waals surface area contributed by atoms with E-state index in [2.05, 4.69) is 10.3 Å². The minimum atomic E-state index is -0.295. The maximum Gasteiger partial charge on any atom is 0.255 e. The Balaban J connectivity index is 1.56. The number of phenols is 1. The van der Waals surface area contributed by atoms with Crippen LogP contribution in [0.5, 0.6) is 11.5 Å². The van der Waals surface area contributed by atoms with Crippen molar-refractivity contribution >= 4 is 22.7 Å². The summed E-state index contributed by atoms with van der Waals surface area (Å²) < 4.78 is 11.2. The van der Waals surface area contributed by atoms with Crippen molar-refractivity contribution in [2.45, 2.75) is 13.8 Å². The summed E-state index contributed by atoms with van der Waals surface area (Å²) in [5.74, 6) is 0.625. The van der Waals surface area contributed by atoms with Gasteiger partial charge in [0.15, 0.2) is 5.58 Å². The number of hydrogen-bond acceptors (Lipinski definition) is 5. The Kier molecular flexibility index (Phi) is 4.91. The van der Waals surface area contributed by atoms with Crippen LogP contribution < -0.4 is 10.1 Å². The first-order valence-electron chi connectivity index (χ1n) is 9.28. The lowest BCUT2D eigenvalue weighted by Crippen LogP contribution is -2.12. The number of carbonyl (C=O) groups excluding carboxylic acids is 1. The van der Waals surface area contributed by atoms with E-state index in [1.54, 1.807) is 36.4 Å². The van der Waals surface area contributed by atoms with Crippen LogP contribution in [0.25, 0.3) is 22.6 Å². The zero-order valence-corrected chi connectivity index (χ0v) is 16.1. The predicted molar refractivity (Wildman–Crippen MR) is 111 cm³/mol. The summed E-state index contributed by atoms with van der Waals surface area (Å²) in [5, 5.41) is 13.2. The Labute approximate surface area is 167 Å². The van der Waals surface area contributed by atoms with Crippen LogP contribution in [0.2, 0.25) is 0 Å². The van der Waals surface area contributed by atoms with Gasteiger partial charge in [0.2, 0.25) is 5.89 Å². The number of nitrogens with one attached hydrogen (secondary N) is 1. The van der Waals surface area contributed by atoms with Gasteiger partial charge in [-0.1, -0.05) is 12.1 Å². The minimum Gasteiger partial charge on any atom is -0.507 e. The number of nitrogens with zero attached hydrogens (tertiary/aromatic N) is 1. The molecular formula is C23H20N2O4. The number of aromatic hydroxyl groups is 1. The van der Waals surface area contributed by atoms with Gasteiger partial charge in [0, 0.05) is 17.3 Å². The van der Waals surface area contributed by atoms with E-state index in [0.29, 0.717) is 40.6 Å². The molecule has 6 nitrogen and oxygen atoms in total. The van der Waals surface area contributed by atoms with E-state index in [9.17, 15) is 9.90 Å². The highest BCUT2D eigenvalue weighted by Crippen LogP contribution is 2.33. The second-order valence-corrected chi connectivity index (χ2v) is 6.64. The molecule has 1 aromatic heterocycles. The molecule has 3 aromatic carbocycles. The van der Waals surface area contributed by atoms with Gasteiger partial charge in [-0.2, -0.15) is 0 Å². The average molecular weight is 388 g/mol. The maximum absolute atomic E-state index is 12.5. The quantitative estimate of drug-likeness (QED) is 0.493. The van der Waals surface area contributed by atoms with E-state index in [4.69, 9.17) is 9.15 Å². The third-order valence-electron chi connectivity index (χ3n) is 4.44. The van der Waals surface area contributed by atoms with Gasteiger partial charge in [-0.05, 0) is 61.9 Å². The number of ether oxygens (including phenoxy) is 1. The summed E-state index contributed by atoms with van der Waals surface area (Å²) in [6.45, 7) is 4.39. The van der Waals surface area contributed by atoms with Crippen molar-refractivity contribution in [1.82, 2.24) is 4.98 Å². The fourth-order valence-corrected chi connectivity index (χ4v) is 3.04. The number of aryl methyl sites for hydroxylation is 1. The first kappa shape index (κ1) is 18.6. The first-order valence-corrected chi connectivity index (χ1v) is 9.28. The third kappa shape index (κ3) is 3.91. The minimum absolute atomic E-state index is 0.0332. The van der Waals surface area contributed by atoms with Crippen molar-refractivity contribution in [3.05, 3.63) is 71.8 Å². The molecule has 0 aliphatic heterocycles. The molecule has 0 spiro atoms. The smallest absolute Gasteiger partial charge is 0.255 e. The number of phenolic OH excluding ortho intramolecular Hbond substituents is 1. The zero-order chi connectivity index (χ0) is 20.4. The maximum atomic E-state index is 12.5.